The minimum absolute atomic E-state index is 0.0532. The van der Waals surface area contributed by atoms with E-state index in [0.717, 1.165) is 33.1 Å². The molecule has 0 aliphatic heterocycles. The van der Waals surface area contributed by atoms with E-state index in [4.69, 9.17) is 9.72 Å². The molecule has 0 radical (unpaired) electrons. The Bertz CT molecular complexity index is 1490. The normalized spacial score (nSPS) is 11.3. The fourth-order valence-electron chi connectivity index (χ4n) is 3.96. The third-order valence-electron chi connectivity index (χ3n) is 5.46. The van der Waals surface area contributed by atoms with Gasteiger partial charge in [0.15, 0.2) is 5.82 Å². The summed E-state index contributed by atoms with van der Waals surface area (Å²) in [4.78, 5) is 22.0. The molecule has 0 bridgehead atoms. The summed E-state index contributed by atoms with van der Waals surface area (Å²) in [7, 11) is 0. The van der Waals surface area contributed by atoms with Crippen LogP contribution in [-0.4, -0.2) is 33.3 Å². The molecule has 1 amide bonds. The molecule has 7 heteroatoms. The molecule has 3 aromatic carbocycles. The van der Waals surface area contributed by atoms with Crippen molar-refractivity contribution in [1.29, 1.82) is 0 Å². The quantitative estimate of drug-likeness (QED) is 0.286. The van der Waals surface area contributed by atoms with E-state index in [1.807, 2.05) is 90.4 Å². The summed E-state index contributed by atoms with van der Waals surface area (Å²) < 4.78 is 7.63. The van der Waals surface area contributed by atoms with Gasteiger partial charge in [-0.15, -0.1) is 0 Å². The lowest BCUT2D eigenvalue weighted by atomic mass is 10.0. The number of ether oxygens (including phenoxy) is 1. The maximum atomic E-state index is 12.9. The first-order chi connectivity index (χ1) is 16.7. The third-order valence-corrected chi connectivity index (χ3v) is 5.46. The highest BCUT2D eigenvalue weighted by molar-refractivity contribution is 6.02. The Kier molecular flexibility index (Phi) is 5.99. The molecule has 168 valence electrons. The number of imidazole rings is 1. The summed E-state index contributed by atoms with van der Waals surface area (Å²) in [6, 6.07) is 25.3. The first-order valence-electron chi connectivity index (χ1n) is 11.1. The monoisotopic (exact) mass is 449 g/mol. The van der Waals surface area contributed by atoms with Crippen molar-refractivity contribution in [3.8, 4) is 17.3 Å². The van der Waals surface area contributed by atoms with Crippen LogP contribution in [0.25, 0.3) is 33.3 Å². The van der Waals surface area contributed by atoms with Gasteiger partial charge in [0.05, 0.1) is 23.9 Å². The van der Waals surface area contributed by atoms with Crippen molar-refractivity contribution >= 4 is 33.9 Å². The number of amides is 1. The van der Waals surface area contributed by atoms with Crippen LogP contribution in [-0.2, 0) is 11.3 Å². The Balaban J connectivity index is 1.42. The number of rotatable bonds is 7. The van der Waals surface area contributed by atoms with Gasteiger partial charge in [-0.2, -0.15) is 5.10 Å². The Labute approximate surface area is 196 Å². The van der Waals surface area contributed by atoms with Crippen LogP contribution in [0.15, 0.2) is 90.2 Å². The van der Waals surface area contributed by atoms with E-state index in [1.165, 1.54) is 0 Å². The van der Waals surface area contributed by atoms with Gasteiger partial charge >= 0.3 is 0 Å². The first-order valence-corrected chi connectivity index (χ1v) is 11.1. The van der Waals surface area contributed by atoms with Crippen molar-refractivity contribution in [3.63, 3.8) is 0 Å². The van der Waals surface area contributed by atoms with Gasteiger partial charge in [-0.3, -0.25) is 9.78 Å². The predicted octanol–water partition coefficient (Wildman–Crippen LogP) is 4.80. The topological polar surface area (TPSA) is 81.4 Å². The summed E-state index contributed by atoms with van der Waals surface area (Å²) >= 11 is 0. The van der Waals surface area contributed by atoms with Crippen LogP contribution in [0.2, 0.25) is 0 Å². The third kappa shape index (κ3) is 4.23. The van der Waals surface area contributed by atoms with Crippen LogP contribution in [0.1, 0.15) is 12.5 Å². The number of aromatic nitrogens is 3. The van der Waals surface area contributed by atoms with Gasteiger partial charge in [-0.05, 0) is 48.0 Å². The van der Waals surface area contributed by atoms with Crippen molar-refractivity contribution in [2.45, 2.75) is 13.5 Å². The fourth-order valence-corrected chi connectivity index (χ4v) is 3.96. The second kappa shape index (κ2) is 9.54. The van der Waals surface area contributed by atoms with Crippen LogP contribution in [0.4, 0.5) is 0 Å². The first kappa shape index (κ1) is 21.3. The molecule has 0 saturated heterocycles. The molecular weight excluding hydrogens is 426 g/mol. The Morgan fingerprint density at radius 2 is 1.85 bits per heavy atom. The summed E-state index contributed by atoms with van der Waals surface area (Å²) in [6.45, 7) is 2.53. The number of hydrazone groups is 1. The number of benzene rings is 3. The average molecular weight is 450 g/mol. The molecule has 1 N–H and O–H groups in total. The van der Waals surface area contributed by atoms with Crippen LogP contribution < -0.4 is 10.2 Å². The van der Waals surface area contributed by atoms with Crippen LogP contribution >= 0.6 is 0 Å². The smallest absolute Gasteiger partial charge is 0.260 e. The largest absolute Gasteiger partial charge is 0.493 e. The number of fused-ring (bicyclic) bond motifs is 2. The van der Waals surface area contributed by atoms with Gasteiger partial charge in [0.25, 0.3) is 5.91 Å². The number of nitrogens with one attached hydrogen (secondary N) is 1. The number of nitrogens with zero attached hydrogens (tertiary/aromatic N) is 4. The van der Waals surface area contributed by atoms with Gasteiger partial charge in [0.2, 0.25) is 0 Å². The molecule has 0 aliphatic carbocycles. The van der Waals surface area contributed by atoms with E-state index in [-0.39, 0.29) is 12.5 Å². The molecule has 5 aromatic rings. The Hall–Kier alpha value is -4.52. The van der Waals surface area contributed by atoms with E-state index in [2.05, 4.69) is 15.5 Å². The van der Waals surface area contributed by atoms with Gasteiger partial charge in [0.1, 0.15) is 18.0 Å². The summed E-state index contributed by atoms with van der Waals surface area (Å²) in [5.74, 6) is 1.08. The number of pyridine rings is 1. The Morgan fingerprint density at radius 3 is 2.71 bits per heavy atom. The highest BCUT2D eigenvalue weighted by Crippen LogP contribution is 2.27. The lowest BCUT2D eigenvalue weighted by Gasteiger charge is -2.10. The van der Waals surface area contributed by atoms with E-state index in [1.54, 1.807) is 12.4 Å². The van der Waals surface area contributed by atoms with E-state index in [9.17, 15) is 4.79 Å². The summed E-state index contributed by atoms with van der Waals surface area (Å²) in [6.07, 6.45) is 3.35. The predicted molar refractivity (Wildman–Crippen MR) is 134 cm³/mol. The van der Waals surface area contributed by atoms with Crippen LogP contribution in [0, 0.1) is 0 Å². The van der Waals surface area contributed by atoms with Gasteiger partial charge in [0, 0.05) is 11.8 Å². The van der Waals surface area contributed by atoms with Crippen LogP contribution in [0.5, 0.6) is 5.75 Å². The van der Waals surface area contributed by atoms with E-state index < -0.39 is 0 Å². The van der Waals surface area contributed by atoms with Gasteiger partial charge in [-0.25, -0.2) is 10.4 Å². The van der Waals surface area contributed by atoms with Crippen molar-refractivity contribution in [3.05, 3.63) is 90.6 Å². The maximum Gasteiger partial charge on any atom is 0.260 e. The Morgan fingerprint density at radius 1 is 1.03 bits per heavy atom. The average Bonchev–Trinajstić information content (AvgIpc) is 3.24. The number of carbonyl (C=O) groups is 1. The van der Waals surface area contributed by atoms with Crippen molar-refractivity contribution < 1.29 is 9.53 Å². The molecule has 0 aliphatic rings. The molecular formula is C27H23N5O2. The van der Waals surface area contributed by atoms with Crippen molar-refractivity contribution in [1.82, 2.24) is 20.0 Å². The summed E-state index contributed by atoms with van der Waals surface area (Å²) in [5.41, 5.74) is 5.83. The number of hydrogen-bond donors (Lipinski definition) is 1. The molecule has 0 spiro atoms. The zero-order valence-corrected chi connectivity index (χ0v) is 18.7. The molecule has 2 heterocycles. The lowest BCUT2D eigenvalue weighted by molar-refractivity contribution is -0.121. The van der Waals surface area contributed by atoms with Crippen molar-refractivity contribution in [2.24, 2.45) is 5.10 Å². The second-order valence-corrected chi connectivity index (χ2v) is 7.65. The molecule has 34 heavy (non-hydrogen) atoms. The lowest BCUT2D eigenvalue weighted by Crippen LogP contribution is -2.23. The van der Waals surface area contributed by atoms with Crippen molar-refractivity contribution in [2.75, 3.05) is 6.61 Å². The zero-order chi connectivity index (χ0) is 23.3. The highest BCUT2D eigenvalue weighted by Gasteiger charge is 2.15. The molecule has 5 rings (SSSR count). The van der Waals surface area contributed by atoms with Gasteiger partial charge in [-0.1, -0.05) is 48.5 Å². The zero-order valence-electron chi connectivity index (χ0n) is 18.7. The standard InChI is InChI=1S/C27H23N5O2/c1-2-34-25-15-14-19-9-3-4-10-20(19)21(25)17-29-31-26(33)18-32-24-13-6-5-11-22(24)30-27(32)23-12-7-8-16-28-23/h3-17H,2,18H2,1H3,(H,31,33)/b29-17-. The van der Waals surface area contributed by atoms with E-state index >= 15 is 0 Å². The molecule has 0 saturated carbocycles. The van der Waals surface area contributed by atoms with Gasteiger partial charge < -0.3 is 9.30 Å². The fraction of sp³-hybridized carbons (Fsp3) is 0.111. The maximum absolute atomic E-state index is 12.9. The highest BCUT2D eigenvalue weighted by atomic mass is 16.5. The molecule has 0 unspecified atom stereocenters. The number of para-hydroxylation sites is 2. The van der Waals surface area contributed by atoms with Crippen LogP contribution in [0.3, 0.4) is 0 Å². The molecule has 0 fully saturated rings. The van der Waals surface area contributed by atoms with E-state index in [0.29, 0.717) is 18.1 Å². The molecule has 0 atom stereocenters. The number of hydrogen-bond acceptors (Lipinski definition) is 5. The molecule has 2 aromatic heterocycles. The SMILES string of the molecule is CCOc1ccc2ccccc2c1/C=N\NC(=O)Cn1c(-c2ccccn2)nc2ccccc21. The minimum atomic E-state index is -0.269. The second-order valence-electron chi connectivity index (χ2n) is 7.65. The minimum Gasteiger partial charge on any atom is -0.493 e. The molecule has 7 nitrogen and oxygen atoms in total. The number of carbonyl (C=O) groups excluding carboxylic acids is 1. The summed E-state index contributed by atoms with van der Waals surface area (Å²) in [5, 5.41) is 6.32.